The highest BCUT2D eigenvalue weighted by molar-refractivity contribution is 7.89. The summed E-state index contributed by atoms with van der Waals surface area (Å²) >= 11 is 1.39. The van der Waals surface area contributed by atoms with Gasteiger partial charge in [-0.15, -0.1) is 11.3 Å². The fourth-order valence-corrected chi connectivity index (χ4v) is 3.31. The monoisotopic (exact) mass is 330 g/mol. The van der Waals surface area contributed by atoms with Crippen LogP contribution in [0.4, 0.5) is 4.39 Å². The number of sulfonamides is 1. The summed E-state index contributed by atoms with van der Waals surface area (Å²) in [7, 11) is -4.03. The van der Waals surface area contributed by atoms with E-state index in [1.165, 1.54) is 11.3 Å². The predicted octanol–water partition coefficient (Wildman–Crippen LogP) is 1.50. The van der Waals surface area contributed by atoms with Gasteiger partial charge in [-0.2, -0.15) is 0 Å². The topological polar surface area (TPSA) is 96.4 Å². The second kappa shape index (κ2) is 6.29. The maximum atomic E-state index is 13.7. The van der Waals surface area contributed by atoms with Crippen molar-refractivity contribution in [3.8, 4) is 0 Å². The molecule has 0 amide bonds. The van der Waals surface area contributed by atoms with E-state index in [1.807, 2.05) is 0 Å². The van der Waals surface area contributed by atoms with Crippen molar-refractivity contribution < 1.29 is 22.7 Å². The molecule has 0 aliphatic heterocycles. The molecule has 6 nitrogen and oxygen atoms in total. The zero-order valence-corrected chi connectivity index (χ0v) is 12.2. The quantitative estimate of drug-likeness (QED) is 0.837. The van der Waals surface area contributed by atoms with E-state index in [0.29, 0.717) is 12.5 Å². The Labute approximate surface area is 124 Å². The molecule has 1 aromatic carbocycles. The zero-order chi connectivity index (χ0) is 15.5. The molecular formula is C12H11FN2O4S2. The van der Waals surface area contributed by atoms with Crippen molar-refractivity contribution in [1.82, 2.24) is 9.71 Å². The number of aromatic nitrogens is 1. The zero-order valence-electron chi connectivity index (χ0n) is 10.6. The van der Waals surface area contributed by atoms with Crippen LogP contribution in [0.2, 0.25) is 0 Å². The van der Waals surface area contributed by atoms with Gasteiger partial charge < -0.3 is 5.11 Å². The number of hydrogen-bond acceptors (Lipinski definition) is 5. The molecular weight excluding hydrogens is 319 g/mol. The van der Waals surface area contributed by atoms with Crippen LogP contribution in [0.3, 0.4) is 0 Å². The Kier molecular flexibility index (Phi) is 4.66. The average molecular weight is 330 g/mol. The molecule has 0 spiro atoms. The fourth-order valence-electron chi connectivity index (χ4n) is 1.60. The molecule has 0 aliphatic carbocycles. The van der Waals surface area contributed by atoms with E-state index in [4.69, 9.17) is 5.11 Å². The summed E-state index contributed by atoms with van der Waals surface area (Å²) in [6, 6.07) is 2.66. The van der Waals surface area contributed by atoms with E-state index in [0.717, 1.165) is 17.1 Å². The molecule has 1 aromatic heterocycles. The van der Waals surface area contributed by atoms with Gasteiger partial charge in [0, 0.05) is 24.5 Å². The molecule has 112 valence electrons. The first-order valence-corrected chi connectivity index (χ1v) is 8.17. The van der Waals surface area contributed by atoms with Gasteiger partial charge in [0.05, 0.1) is 10.6 Å². The highest BCUT2D eigenvalue weighted by Crippen LogP contribution is 2.16. The molecule has 2 N–H and O–H groups in total. The number of nitrogens with zero attached hydrogens (tertiary/aromatic N) is 1. The Morgan fingerprint density at radius 2 is 2.19 bits per heavy atom. The minimum Gasteiger partial charge on any atom is -0.478 e. The third-order valence-electron chi connectivity index (χ3n) is 2.58. The number of rotatable bonds is 6. The van der Waals surface area contributed by atoms with Crippen LogP contribution >= 0.6 is 11.3 Å². The van der Waals surface area contributed by atoms with Crippen molar-refractivity contribution in [2.75, 3.05) is 6.54 Å². The van der Waals surface area contributed by atoms with Crippen molar-refractivity contribution >= 4 is 27.3 Å². The second-order valence-corrected chi connectivity index (χ2v) is 6.74. The van der Waals surface area contributed by atoms with Gasteiger partial charge in [0.15, 0.2) is 0 Å². The molecule has 0 saturated heterocycles. The number of nitrogens with one attached hydrogen (secondary N) is 1. The van der Waals surface area contributed by atoms with Crippen molar-refractivity contribution in [3.05, 3.63) is 46.2 Å². The number of aromatic carboxylic acids is 1. The summed E-state index contributed by atoms with van der Waals surface area (Å²) in [4.78, 5) is 14.1. The number of hydrogen-bond donors (Lipinski definition) is 2. The van der Waals surface area contributed by atoms with Gasteiger partial charge in [0.2, 0.25) is 10.0 Å². The summed E-state index contributed by atoms with van der Waals surface area (Å²) in [6.45, 7) is 0.0793. The Morgan fingerprint density at radius 3 is 2.76 bits per heavy atom. The Balaban J connectivity index is 2.10. The molecule has 1 heterocycles. The summed E-state index contributed by atoms with van der Waals surface area (Å²) in [5.74, 6) is -2.42. The predicted molar refractivity (Wildman–Crippen MR) is 74.4 cm³/mol. The standard InChI is InChI=1S/C12H11FN2O4S2/c13-9-7-8(12(16)17)1-2-10(9)21(18,19)15-4-3-11-14-5-6-20-11/h1-2,5-7,15H,3-4H2,(H,16,17). The Morgan fingerprint density at radius 1 is 1.43 bits per heavy atom. The fraction of sp³-hybridized carbons (Fsp3) is 0.167. The molecule has 0 aliphatic rings. The minimum absolute atomic E-state index is 0.0793. The Bertz CT molecular complexity index is 745. The lowest BCUT2D eigenvalue weighted by Crippen LogP contribution is -2.27. The van der Waals surface area contributed by atoms with Gasteiger partial charge in [-0.05, 0) is 18.2 Å². The largest absolute Gasteiger partial charge is 0.478 e. The lowest BCUT2D eigenvalue weighted by molar-refractivity contribution is 0.0696. The van der Waals surface area contributed by atoms with Crippen LogP contribution < -0.4 is 4.72 Å². The van der Waals surface area contributed by atoms with Crippen LogP contribution in [0.25, 0.3) is 0 Å². The smallest absolute Gasteiger partial charge is 0.335 e. The molecule has 0 fully saturated rings. The number of thiazole rings is 1. The molecule has 9 heteroatoms. The van der Waals surface area contributed by atoms with E-state index in [1.54, 1.807) is 11.6 Å². The molecule has 0 saturated carbocycles. The van der Waals surface area contributed by atoms with E-state index in [9.17, 15) is 17.6 Å². The number of carboxylic acid groups (broad SMARTS) is 1. The van der Waals surface area contributed by atoms with Gasteiger partial charge in [0.1, 0.15) is 10.7 Å². The van der Waals surface area contributed by atoms with E-state index in [-0.39, 0.29) is 12.1 Å². The average Bonchev–Trinajstić information content (AvgIpc) is 2.91. The lowest BCUT2D eigenvalue weighted by atomic mass is 10.2. The first-order valence-electron chi connectivity index (χ1n) is 5.81. The normalized spacial score (nSPS) is 11.5. The summed E-state index contributed by atoms with van der Waals surface area (Å²) < 4.78 is 39.9. The van der Waals surface area contributed by atoms with E-state index >= 15 is 0 Å². The van der Waals surface area contributed by atoms with Gasteiger partial charge in [-0.3, -0.25) is 0 Å². The van der Waals surface area contributed by atoms with Gasteiger partial charge in [0.25, 0.3) is 0 Å². The second-order valence-electron chi connectivity index (χ2n) is 4.02. The van der Waals surface area contributed by atoms with E-state index < -0.39 is 26.7 Å². The highest BCUT2D eigenvalue weighted by Gasteiger charge is 2.20. The SMILES string of the molecule is O=C(O)c1ccc(S(=O)(=O)NCCc2nccs2)c(F)c1. The maximum Gasteiger partial charge on any atom is 0.335 e. The molecule has 0 radical (unpaired) electrons. The third-order valence-corrected chi connectivity index (χ3v) is 4.92. The van der Waals surface area contributed by atoms with E-state index in [2.05, 4.69) is 9.71 Å². The van der Waals surface area contributed by atoms with Crippen LogP contribution in [0.5, 0.6) is 0 Å². The van der Waals surface area contributed by atoms with Gasteiger partial charge in [-0.25, -0.2) is 27.3 Å². The molecule has 2 rings (SSSR count). The van der Waals surface area contributed by atoms with Gasteiger partial charge >= 0.3 is 5.97 Å². The maximum absolute atomic E-state index is 13.7. The minimum atomic E-state index is -4.03. The Hall–Kier alpha value is -1.84. The van der Waals surface area contributed by atoms with Crippen LogP contribution in [-0.4, -0.2) is 31.0 Å². The van der Waals surface area contributed by atoms with Crippen molar-refractivity contribution in [1.29, 1.82) is 0 Å². The molecule has 0 atom stereocenters. The van der Waals surface area contributed by atoms with Gasteiger partial charge in [-0.1, -0.05) is 0 Å². The number of halogens is 1. The van der Waals surface area contributed by atoms with Crippen molar-refractivity contribution in [2.45, 2.75) is 11.3 Å². The first kappa shape index (κ1) is 15.5. The summed E-state index contributed by atoms with van der Waals surface area (Å²) in [5.41, 5.74) is -0.311. The number of carbonyl (C=O) groups is 1. The van der Waals surface area contributed by atoms with Crippen LogP contribution in [0, 0.1) is 5.82 Å². The van der Waals surface area contributed by atoms with Crippen LogP contribution in [0.15, 0.2) is 34.7 Å². The third kappa shape index (κ3) is 3.84. The first-order chi connectivity index (χ1) is 9.90. The number of carboxylic acids is 1. The molecule has 21 heavy (non-hydrogen) atoms. The summed E-state index contributed by atoms with van der Waals surface area (Å²) in [5, 5.41) is 11.2. The van der Waals surface area contributed by atoms with Crippen molar-refractivity contribution in [3.63, 3.8) is 0 Å². The van der Waals surface area contributed by atoms with Crippen molar-refractivity contribution in [2.24, 2.45) is 0 Å². The lowest BCUT2D eigenvalue weighted by Gasteiger charge is -2.07. The van der Waals surface area contributed by atoms with Crippen LogP contribution in [0.1, 0.15) is 15.4 Å². The number of benzene rings is 1. The molecule has 0 bridgehead atoms. The highest BCUT2D eigenvalue weighted by atomic mass is 32.2. The molecule has 0 unspecified atom stereocenters. The molecule has 2 aromatic rings. The van der Waals surface area contributed by atoms with Crippen LogP contribution in [-0.2, 0) is 16.4 Å². The summed E-state index contributed by atoms with van der Waals surface area (Å²) in [6.07, 6.45) is 2.00.